The number of nitrogens with one attached hydrogen (secondary N) is 3. The first kappa shape index (κ1) is 19.4. The zero-order valence-corrected chi connectivity index (χ0v) is 15.7. The second kappa shape index (κ2) is 8.56. The average molecular weight is 381 g/mol. The van der Waals surface area contributed by atoms with Gasteiger partial charge in [0.05, 0.1) is 7.11 Å². The summed E-state index contributed by atoms with van der Waals surface area (Å²) in [5.41, 5.74) is 2.25. The lowest BCUT2D eigenvalue weighted by atomic mass is 9.96. The first-order chi connectivity index (χ1) is 13.5. The van der Waals surface area contributed by atoms with Crippen molar-refractivity contribution in [3.63, 3.8) is 0 Å². The van der Waals surface area contributed by atoms with Crippen LogP contribution in [0.15, 0.2) is 54.6 Å². The van der Waals surface area contributed by atoms with Crippen LogP contribution >= 0.6 is 0 Å². The molecule has 146 valence electrons. The summed E-state index contributed by atoms with van der Waals surface area (Å²) in [5.74, 6) is -0.910. The Labute approximate surface area is 163 Å². The lowest BCUT2D eigenvalue weighted by molar-refractivity contribution is -0.139. The molecule has 1 saturated carbocycles. The third-order valence-electron chi connectivity index (χ3n) is 4.85. The van der Waals surface area contributed by atoms with Crippen molar-refractivity contribution in [1.82, 2.24) is 10.6 Å². The predicted octanol–water partition coefficient (Wildman–Crippen LogP) is 2.44. The average Bonchev–Trinajstić information content (AvgIpc) is 3.53. The van der Waals surface area contributed by atoms with Crippen LogP contribution in [0.5, 0.6) is 0 Å². The Hall–Kier alpha value is -3.35. The summed E-state index contributed by atoms with van der Waals surface area (Å²) in [6.45, 7) is 0.387. The Morgan fingerprint density at radius 3 is 2.25 bits per heavy atom. The van der Waals surface area contributed by atoms with Crippen LogP contribution in [0.3, 0.4) is 0 Å². The van der Waals surface area contributed by atoms with Crippen molar-refractivity contribution in [2.75, 3.05) is 25.5 Å². The molecule has 3 N–H and O–H groups in total. The van der Waals surface area contributed by atoms with E-state index >= 15 is 0 Å². The highest BCUT2D eigenvalue weighted by Crippen LogP contribution is 2.47. The smallest absolute Gasteiger partial charge is 0.325 e. The maximum atomic E-state index is 12.2. The molecule has 0 saturated heterocycles. The van der Waals surface area contributed by atoms with E-state index in [4.69, 9.17) is 0 Å². The number of hydrogen-bond acceptors (Lipinski definition) is 4. The standard InChI is InChI=1S/C21H23N3O4/c1-28-18(25)13-22-19(26)15-7-9-17(10-8-15)24-20(27)23-14-21(11-12-21)16-5-3-2-4-6-16/h2-10H,11-14H2,1H3,(H,22,26)(H2,23,24,27). The summed E-state index contributed by atoms with van der Waals surface area (Å²) in [7, 11) is 1.25. The van der Waals surface area contributed by atoms with Crippen LogP contribution in [0.1, 0.15) is 28.8 Å². The molecule has 0 aromatic heterocycles. The summed E-state index contributed by atoms with van der Waals surface area (Å²) in [4.78, 5) is 35.2. The number of methoxy groups -OCH3 is 1. The number of urea groups is 1. The van der Waals surface area contributed by atoms with E-state index in [-0.39, 0.29) is 23.9 Å². The predicted molar refractivity (Wildman–Crippen MR) is 105 cm³/mol. The highest BCUT2D eigenvalue weighted by molar-refractivity contribution is 5.97. The molecule has 0 bridgehead atoms. The summed E-state index contributed by atoms with van der Waals surface area (Å²) in [5, 5.41) is 8.15. The van der Waals surface area contributed by atoms with E-state index in [1.807, 2.05) is 18.2 Å². The van der Waals surface area contributed by atoms with Gasteiger partial charge in [-0.2, -0.15) is 0 Å². The van der Waals surface area contributed by atoms with Crippen LogP contribution in [0.2, 0.25) is 0 Å². The van der Waals surface area contributed by atoms with Gasteiger partial charge in [-0.05, 0) is 42.7 Å². The van der Waals surface area contributed by atoms with Gasteiger partial charge in [0, 0.05) is 23.2 Å². The Morgan fingerprint density at radius 1 is 0.964 bits per heavy atom. The van der Waals surface area contributed by atoms with Gasteiger partial charge in [-0.1, -0.05) is 30.3 Å². The minimum atomic E-state index is -0.521. The van der Waals surface area contributed by atoms with Gasteiger partial charge >= 0.3 is 12.0 Å². The molecule has 0 aliphatic heterocycles. The van der Waals surface area contributed by atoms with Crippen LogP contribution < -0.4 is 16.0 Å². The van der Waals surface area contributed by atoms with Crippen LogP contribution in [0.4, 0.5) is 10.5 Å². The zero-order chi connectivity index (χ0) is 20.0. The molecular weight excluding hydrogens is 358 g/mol. The van der Waals surface area contributed by atoms with Gasteiger partial charge in [-0.25, -0.2) is 4.79 Å². The maximum absolute atomic E-state index is 12.2. The van der Waals surface area contributed by atoms with E-state index in [1.165, 1.54) is 12.7 Å². The van der Waals surface area contributed by atoms with E-state index in [0.717, 1.165) is 12.8 Å². The van der Waals surface area contributed by atoms with Gasteiger partial charge in [0.15, 0.2) is 0 Å². The first-order valence-electron chi connectivity index (χ1n) is 9.08. The molecule has 2 aromatic carbocycles. The number of ether oxygens (including phenoxy) is 1. The molecule has 0 atom stereocenters. The van der Waals surface area contributed by atoms with Gasteiger partial charge in [-0.15, -0.1) is 0 Å². The van der Waals surface area contributed by atoms with Crippen LogP contribution in [0.25, 0.3) is 0 Å². The third kappa shape index (κ3) is 4.88. The van der Waals surface area contributed by atoms with Gasteiger partial charge in [-0.3, -0.25) is 9.59 Å². The van der Waals surface area contributed by atoms with Gasteiger partial charge in [0.25, 0.3) is 5.91 Å². The van der Waals surface area contributed by atoms with E-state index in [1.54, 1.807) is 24.3 Å². The zero-order valence-electron chi connectivity index (χ0n) is 15.7. The summed E-state index contributed by atoms with van der Waals surface area (Å²) < 4.78 is 4.47. The number of benzene rings is 2. The van der Waals surface area contributed by atoms with Crippen molar-refractivity contribution in [2.45, 2.75) is 18.3 Å². The number of hydrogen-bond donors (Lipinski definition) is 3. The Kier molecular flexibility index (Phi) is 5.93. The molecular formula is C21H23N3O4. The van der Waals surface area contributed by atoms with E-state index in [2.05, 4.69) is 32.8 Å². The normalized spacial score (nSPS) is 13.9. The molecule has 3 amide bonds. The number of amides is 3. The number of carbonyl (C=O) groups is 3. The van der Waals surface area contributed by atoms with Crippen LogP contribution in [-0.4, -0.2) is 38.1 Å². The van der Waals surface area contributed by atoms with E-state index < -0.39 is 5.97 Å². The van der Waals surface area contributed by atoms with Crippen molar-refractivity contribution in [1.29, 1.82) is 0 Å². The molecule has 0 spiro atoms. The van der Waals surface area contributed by atoms with Crippen molar-refractivity contribution >= 4 is 23.6 Å². The summed E-state index contributed by atoms with van der Waals surface area (Å²) in [6.07, 6.45) is 2.12. The van der Waals surface area contributed by atoms with Gasteiger partial charge in [0.2, 0.25) is 0 Å². The molecule has 1 aliphatic carbocycles. The summed E-state index contributed by atoms with van der Waals surface area (Å²) in [6, 6.07) is 16.3. The van der Waals surface area contributed by atoms with Crippen LogP contribution in [-0.2, 0) is 14.9 Å². The van der Waals surface area contributed by atoms with E-state index in [9.17, 15) is 14.4 Å². The second-order valence-electron chi connectivity index (χ2n) is 6.79. The fourth-order valence-corrected chi connectivity index (χ4v) is 2.97. The lowest BCUT2D eigenvalue weighted by Crippen LogP contribution is -2.35. The third-order valence-corrected chi connectivity index (χ3v) is 4.85. The number of carbonyl (C=O) groups excluding carboxylic acids is 3. The van der Waals surface area contributed by atoms with Gasteiger partial charge in [0.1, 0.15) is 6.54 Å². The van der Waals surface area contributed by atoms with Crippen molar-refractivity contribution in [2.24, 2.45) is 0 Å². The SMILES string of the molecule is COC(=O)CNC(=O)c1ccc(NC(=O)NCC2(c3ccccc3)CC2)cc1. The minimum Gasteiger partial charge on any atom is -0.468 e. The highest BCUT2D eigenvalue weighted by Gasteiger charge is 2.44. The van der Waals surface area contributed by atoms with Gasteiger partial charge < -0.3 is 20.7 Å². The monoisotopic (exact) mass is 381 g/mol. The lowest BCUT2D eigenvalue weighted by Gasteiger charge is -2.17. The Morgan fingerprint density at radius 2 is 1.64 bits per heavy atom. The summed E-state index contributed by atoms with van der Waals surface area (Å²) >= 11 is 0. The minimum absolute atomic E-state index is 0.0418. The molecule has 28 heavy (non-hydrogen) atoms. The van der Waals surface area contributed by atoms with Crippen molar-refractivity contribution in [3.05, 3.63) is 65.7 Å². The fraction of sp³-hybridized carbons (Fsp3) is 0.286. The topological polar surface area (TPSA) is 96.5 Å². The second-order valence-corrected chi connectivity index (χ2v) is 6.79. The maximum Gasteiger partial charge on any atom is 0.325 e. The molecule has 1 fully saturated rings. The molecule has 7 nitrogen and oxygen atoms in total. The Balaban J connectivity index is 1.48. The van der Waals surface area contributed by atoms with Crippen LogP contribution in [0, 0.1) is 0 Å². The number of rotatable bonds is 7. The molecule has 0 radical (unpaired) electrons. The number of anilines is 1. The van der Waals surface area contributed by atoms with Crippen molar-refractivity contribution < 1.29 is 19.1 Å². The van der Waals surface area contributed by atoms with E-state index in [0.29, 0.717) is 17.8 Å². The fourth-order valence-electron chi connectivity index (χ4n) is 2.97. The highest BCUT2D eigenvalue weighted by atomic mass is 16.5. The molecule has 0 heterocycles. The molecule has 2 aromatic rings. The quantitative estimate of drug-likeness (QED) is 0.642. The van der Waals surface area contributed by atoms with Crippen molar-refractivity contribution in [3.8, 4) is 0 Å². The molecule has 3 rings (SSSR count). The molecule has 1 aliphatic rings. The first-order valence-corrected chi connectivity index (χ1v) is 9.08. The molecule has 7 heteroatoms. The largest absolute Gasteiger partial charge is 0.468 e. The number of esters is 1. The Bertz CT molecular complexity index is 846. The molecule has 0 unspecified atom stereocenters.